The van der Waals surface area contributed by atoms with E-state index in [1.165, 1.54) is 5.56 Å². The van der Waals surface area contributed by atoms with Crippen molar-refractivity contribution in [1.82, 2.24) is 0 Å². The number of carbonyl (C=O) groups is 2. The molecule has 0 saturated carbocycles. The third-order valence-electron chi connectivity index (χ3n) is 5.26. The average Bonchev–Trinajstić information content (AvgIpc) is 3.12. The number of anilines is 1. The molecule has 1 aliphatic rings. The average molecular weight is 385 g/mol. The smallest absolute Gasteiger partial charge is 0.316 e. The Morgan fingerprint density at radius 2 is 1.59 bits per heavy atom. The SMILES string of the molecule is Cc1ccccc1N1C[C@@H](C(=O)Oc2ccc(Cc3ccccc3)cc2)CC1=O. The van der Waals surface area contributed by atoms with E-state index in [2.05, 4.69) is 12.1 Å². The van der Waals surface area contributed by atoms with E-state index in [4.69, 9.17) is 4.74 Å². The van der Waals surface area contributed by atoms with Gasteiger partial charge in [0.1, 0.15) is 5.75 Å². The summed E-state index contributed by atoms with van der Waals surface area (Å²) in [5.41, 5.74) is 4.26. The predicted octanol–water partition coefficient (Wildman–Crippen LogP) is 4.54. The molecule has 146 valence electrons. The van der Waals surface area contributed by atoms with Gasteiger partial charge in [-0.1, -0.05) is 60.7 Å². The maximum atomic E-state index is 12.6. The maximum absolute atomic E-state index is 12.6. The number of hydrogen-bond acceptors (Lipinski definition) is 3. The van der Waals surface area contributed by atoms with E-state index in [0.717, 1.165) is 23.2 Å². The van der Waals surface area contributed by atoms with Crippen LogP contribution in [0, 0.1) is 12.8 Å². The first-order valence-electron chi connectivity index (χ1n) is 9.81. The van der Waals surface area contributed by atoms with Crippen molar-refractivity contribution >= 4 is 17.6 Å². The van der Waals surface area contributed by atoms with Gasteiger partial charge in [0.2, 0.25) is 5.91 Å². The highest BCUT2D eigenvalue weighted by Gasteiger charge is 2.36. The van der Waals surface area contributed by atoms with E-state index >= 15 is 0 Å². The van der Waals surface area contributed by atoms with E-state index < -0.39 is 5.92 Å². The van der Waals surface area contributed by atoms with Crippen LogP contribution >= 0.6 is 0 Å². The molecule has 1 saturated heterocycles. The van der Waals surface area contributed by atoms with E-state index in [9.17, 15) is 9.59 Å². The number of para-hydroxylation sites is 1. The number of esters is 1. The number of hydrogen-bond donors (Lipinski definition) is 0. The van der Waals surface area contributed by atoms with Gasteiger partial charge in [-0.3, -0.25) is 9.59 Å². The molecule has 1 aliphatic heterocycles. The van der Waals surface area contributed by atoms with Gasteiger partial charge in [0.25, 0.3) is 0 Å². The van der Waals surface area contributed by atoms with Gasteiger partial charge >= 0.3 is 5.97 Å². The van der Waals surface area contributed by atoms with Crippen molar-refractivity contribution in [2.24, 2.45) is 5.92 Å². The van der Waals surface area contributed by atoms with Crippen LogP contribution in [0.25, 0.3) is 0 Å². The summed E-state index contributed by atoms with van der Waals surface area (Å²) < 4.78 is 5.55. The van der Waals surface area contributed by atoms with Gasteiger partial charge in [-0.2, -0.15) is 0 Å². The molecular formula is C25H23NO3. The number of benzene rings is 3. The van der Waals surface area contributed by atoms with Crippen molar-refractivity contribution < 1.29 is 14.3 Å². The number of nitrogens with zero attached hydrogens (tertiary/aromatic N) is 1. The maximum Gasteiger partial charge on any atom is 0.316 e. The number of carbonyl (C=O) groups excluding carboxylic acids is 2. The second-order valence-electron chi connectivity index (χ2n) is 7.42. The lowest BCUT2D eigenvalue weighted by Crippen LogP contribution is -2.27. The Morgan fingerprint density at radius 1 is 0.931 bits per heavy atom. The summed E-state index contributed by atoms with van der Waals surface area (Å²) in [6, 6.07) is 25.5. The van der Waals surface area contributed by atoms with Crippen LogP contribution in [-0.4, -0.2) is 18.4 Å². The molecule has 1 fully saturated rings. The predicted molar refractivity (Wildman–Crippen MR) is 113 cm³/mol. The molecule has 4 nitrogen and oxygen atoms in total. The summed E-state index contributed by atoms with van der Waals surface area (Å²) >= 11 is 0. The van der Waals surface area contributed by atoms with Crippen molar-refractivity contribution in [1.29, 1.82) is 0 Å². The Bertz CT molecular complexity index is 1010. The molecule has 0 spiro atoms. The monoisotopic (exact) mass is 385 g/mol. The Balaban J connectivity index is 1.38. The molecule has 29 heavy (non-hydrogen) atoms. The zero-order chi connectivity index (χ0) is 20.2. The first-order chi connectivity index (χ1) is 14.1. The summed E-state index contributed by atoms with van der Waals surface area (Å²) in [6.45, 7) is 2.32. The van der Waals surface area contributed by atoms with Gasteiger partial charge in [0.05, 0.1) is 5.92 Å². The molecule has 0 N–H and O–H groups in total. The number of ether oxygens (including phenoxy) is 1. The van der Waals surface area contributed by atoms with Gasteiger partial charge in [-0.05, 0) is 48.2 Å². The van der Waals surface area contributed by atoms with Gasteiger partial charge in [0.15, 0.2) is 0 Å². The topological polar surface area (TPSA) is 46.6 Å². The first-order valence-corrected chi connectivity index (χ1v) is 9.81. The van der Waals surface area contributed by atoms with E-state index in [1.807, 2.05) is 73.7 Å². The lowest BCUT2D eigenvalue weighted by Gasteiger charge is -2.18. The number of amides is 1. The highest BCUT2D eigenvalue weighted by Crippen LogP contribution is 2.28. The summed E-state index contributed by atoms with van der Waals surface area (Å²) in [5, 5.41) is 0. The van der Waals surface area contributed by atoms with Crippen LogP contribution in [0.3, 0.4) is 0 Å². The molecule has 0 unspecified atom stereocenters. The molecule has 0 bridgehead atoms. The van der Waals surface area contributed by atoms with E-state index in [1.54, 1.807) is 4.90 Å². The van der Waals surface area contributed by atoms with Crippen LogP contribution in [0.15, 0.2) is 78.9 Å². The summed E-state index contributed by atoms with van der Waals surface area (Å²) in [4.78, 5) is 26.7. The number of aryl methyl sites for hydroxylation is 1. The minimum atomic E-state index is -0.453. The molecule has 0 aliphatic carbocycles. The minimum Gasteiger partial charge on any atom is -0.426 e. The molecule has 1 heterocycles. The Hall–Kier alpha value is -3.40. The molecule has 3 aromatic rings. The van der Waals surface area contributed by atoms with Crippen molar-refractivity contribution in [2.45, 2.75) is 19.8 Å². The van der Waals surface area contributed by atoms with Crippen LogP contribution in [0.5, 0.6) is 5.75 Å². The number of rotatable bonds is 5. The standard InChI is InChI=1S/C25H23NO3/c1-18-7-5-6-10-23(18)26-17-21(16-24(26)27)25(28)29-22-13-11-20(12-14-22)15-19-8-3-2-4-9-19/h2-14,21H,15-17H2,1H3/t21-/m0/s1. The fraction of sp³-hybridized carbons (Fsp3) is 0.200. The fourth-order valence-electron chi connectivity index (χ4n) is 3.67. The quantitative estimate of drug-likeness (QED) is 0.478. The fourth-order valence-corrected chi connectivity index (χ4v) is 3.67. The van der Waals surface area contributed by atoms with Gasteiger partial charge in [-0.25, -0.2) is 0 Å². The Labute approximate surface area is 170 Å². The Kier molecular flexibility index (Phi) is 5.43. The molecule has 0 radical (unpaired) electrons. The summed E-state index contributed by atoms with van der Waals surface area (Å²) in [7, 11) is 0. The van der Waals surface area contributed by atoms with Crippen LogP contribution in [0.2, 0.25) is 0 Å². The van der Waals surface area contributed by atoms with E-state index in [0.29, 0.717) is 12.3 Å². The third kappa shape index (κ3) is 4.37. The van der Waals surface area contributed by atoms with Crippen LogP contribution in [-0.2, 0) is 16.0 Å². The van der Waals surface area contributed by atoms with Crippen LogP contribution in [0.1, 0.15) is 23.1 Å². The van der Waals surface area contributed by atoms with Crippen molar-refractivity contribution in [3.8, 4) is 5.75 Å². The molecule has 4 rings (SSSR count). The molecule has 4 heteroatoms. The highest BCUT2D eigenvalue weighted by molar-refractivity contribution is 6.00. The van der Waals surface area contributed by atoms with Crippen LogP contribution in [0.4, 0.5) is 5.69 Å². The minimum absolute atomic E-state index is 0.0422. The first kappa shape index (κ1) is 18.9. The lowest BCUT2D eigenvalue weighted by molar-refractivity contribution is -0.139. The molecular weight excluding hydrogens is 362 g/mol. The normalized spacial score (nSPS) is 16.1. The second kappa shape index (κ2) is 8.31. The summed E-state index contributed by atoms with van der Waals surface area (Å²) in [6.07, 6.45) is 1.01. The molecule has 1 atom stereocenters. The van der Waals surface area contributed by atoms with Gasteiger partial charge in [-0.15, -0.1) is 0 Å². The lowest BCUT2D eigenvalue weighted by atomic mass is 10.1. The molecule has 0 aromatic heterocycles. The zero-order valence-electron chi connectivity index (χ0n) is 16.4. The Morgan fingerprint density at radius 3 is 2.31 bits per heavy atom. The van der Waals surface area contributed by atoms with Gasteiger partial charge in [0, 0.05) is 18.7 Å². The highest BCUT2D eigenvalue weighted by atomic mass is 16.5. The van der Waals surface area contributed by atoms with Crippen molar-refractivity contribution in [2.75, 3.05) is 11.4 Å². The third-order valence-corrected chi connectivity index (χ3v) is 5.26. The summed E-state index contributed by atoms with van der Waals surface area (Å²) in [5.74, 6) is -0.343. The zero-order valence-corrected chi connectivity index (χ0v) is 16.4. The van der Waals surface area contributed by atoms with Gasteiger partial charge < -0.3 is 9.64 Å². The van der Waals surface area contributed by atoms with E-state index in [-0.39, 0.29) is 18.3 Å². The second-order valence-corrected chi connectivity index (χ2v) is 7.42. The molecule has 1 amide bonds. The van der Waals surface area contributed by atoms with Crippen molar-refractivity contribution in [3.05, 3.63) is 95.6 Å². The molecule has 3 aromatic carbocycles. The largest absolute Gasteiger partial charge is 0.426 e. The van der Waals surface area contributed by atoms with Crippen molar-refractivity contribution in [3.63, 3.8) is 0 Å². The van der Waals surface area contributed by atoms with Crippen LogP contribution < -0.4 is 9.64 Å².